The van der Waals surface area contributed by atoms with Crippen molar-refractivity contribution in [2.45, 2.75) is 12.0 Å². The van der Waals surface area contributed by atoms with Crippen molar-refractivity contribution in [3.63, 3.8) is 0 Å². The van der Waals surface area contributed by atoms with Gasteiger partial charge in [-0.2, -0.15) is 0 Å². The molecule has 0 radical (unpaired) electrons. The molecule has 0 fully saturated rings. The fourth-order valence-electron chi connectivity index (χ4n) is 3.37. The van der Waals surface area contributed by atoms with E-state index in [4.69, 9.17) is 0 Å². The van der Waals surface area contributed by atoms with E-state index in [1.54, 1.807) is 41.5 Å². The standard InChI is InChI=1S/C22H18N4O/c27-20-10-2-4-14-26(20)22(19-9-1-3-13-25-19)21(17-7-5-11-23-15-17)18-8-6-12-24-16-18/h1-16,21-22H. The monoisotopic (exact) mass is 354 g/mol. The maximum absolute atomic E-state index is 12.7. The summed E-state index contributed by atoms with van der Waals surface area (Å²) in [5.41, 5.74) is 2.73. The Labute approximate surface area is 157 Å². The molecule has 1 atom stereocenters. The average molecular weight is 354 g/mol. The first-order valence-electron chi connectivity index (χ1n) is 8.72. The molecule has 5 nitrogen and oxygen atoms in total. The van der Waals surface area contributed by atoms with Crippen molar-refractivity contribution in [1.29, 1.82) is 0 Å². The molecule has 0 aliphatic rings. The molecule has 0 aliphatic heterocycles. The highest BCUT2D eigenvalue weighted by molar-refractivity contribution is 5.34. The highest BCUT2D eigenvalue weighted by Crippen LogP contribution is 2.37. The van der Waals surface area contributed by atoms with Gasteiger partial charge in [0.25, 0.3) is 5.56 Å². The van der Waals surface area contributed by atoms with Gasteiger partial charge in [-0.1, -0.05) is 24.3 Å². The molecular formula is C22H18N4O. The van der Waals surface area contributed by atoms with E-state index in [0.29, 0.717) is 0 Å². The van der Waals surface area contributed by atoms with Gasteiger partial charge < -0.3 is 4.57 Å². The van der Waals surface area contributed by atoms with Crippen LogP contribution in [0.3, 0.4) is 0 Å². The Morgan fingerprint density at radius 1 is 0.741 bits per heavy atom. The molecule has 0 aliphatic carbocycles. The number of nitrogens with zero attached hydrogens (tertiary/aromatic N) is 4. The van der Waals surface area contributed by atoms with Crippen LogP contribution in [0, 0.1) is 0 Å². The van der Waals surface area contributed by atoms with Crippen LogP contribution in [0.5, 0.6) is 0 Å². The number of pyridine rings is 4. The SMILES string of the molecule is O=c1ccccn1C(c1ccccn1)C(c1cccnc1)c1cccnc1. The predicted molar refractivity (Wildman–Crippen MR) is 103 cm³/mol. The third-order valence-electron chi connectivity index (χ3n) is 4.54. The third kappa shape index (κ3) is 3.53. The molecule has 5 heteroatoms. The first-order valence-corrected chi connectivity index (χ1v) is 8.72. The molecule has 0 bridgehead atoms. The Morgan fingerprint density at radius 2 is 1.44 bits per heavy atom. The van der Waals surface area contributed by atoms with Crippen LogP contribution in [0.25, 0.3) is 0 Å². The minimum absolute atomic E-state index is 0.0778. The van der Waals surface area contributed by atoms with Gasteiger partial charge in [0.05, 0.1) is 11.7 Å². The Kier molecular flexibility index (Phi) is 4.83. The fourth-order valence-corrected chi connectivity index (χ4v) is 3.37. The molecule has 4 rings (SSSR count). The molecule has 132 valence electrons. The van der Waals surface area contributed by atoms with E-state index in [1.165, 1.54) is 0 Å². The van der Waals surface area contributed by atoms with Crippen molar-refractivity contribution in [3.8, 4) is 0 Å². The Balaban J connectivity index is 1.98. The summed E-state index contributed by atoms with van der Waals surface area (Å²) in [5, 5.41) is 0. The minimum Gasteiger partial charge on any atom is -0.305 e. The first kappa shape index (κ1) is 16.8. The van der Waals surface area contributed by atoms with Crippen molar-refractivity contribution < 1.29 is 0 Å². The summed E-state index contributed by atoms with van der Waals surface area (Å²) in [6.07, 6.45) is 10.7. The van der Waals surface area contributed by atoms with E-state index in [0.717, 1.165) is 16.8 Å². The van der Waals surface area contributed by atoms with E-state index >= 15 is 0 Å². The maximum atomic E-state index is 12.7. The third-order valence-corrected chi connectivity index (χ3v) is 4.54. The maximum Gasteiger partial charge on any atom is 0.251 e. The van der Waals surface area contributed by atoms with E-state index < -0.39 is 0 Å². The Bertz CT molecular complexity index is 1010. The van der Waals surface area contributed by atoms with Crippen molar-refractivity contribution >= 4 is 0 Å². The van der Waals surface area contributed by atoms with Crippen molar-refractivity contribution in [1.82, 2.24) is 19.5 Å². The summed E-state index contributed by atoms with van der Waals surface area (Å²) in [6, 6.07) is 18.5. The lowest BCUT2D eigenvalue weighted by Crippen LogP contribution is -2.30. The summed E-state index contributed by atoms with van der Waals surface area (Å²) in [6.45, 7) is 0. The molecule has 0 N–H and O–H groups in total. The van der Waals surface area contributed by atoms with Gasteiger partial charge in [-0.15, -0.1) is 0 Å². The summed E-state index contributed by atoms with van der Waals surface area (Å²) >= 11 is 0. The predicted octanol–water partition coefficient (Wildman–Crippen LogP) is 3.45. The first-order chi connectivity index (χ1) is 13.3. The van der Waals surface area contributed by atoms with Crippen molar-refractivity contribution in [2.24, 2.45) is 0 Å². The van der Waals surface area contributed by atoms with E-state index in [9.17, 15) is 4.79 Å². The molecule has 4 aromatic rings. The van der Waals surface area contributed by atoms with Gasteiger partial charge in [-0.25, -0.2) is 0 Å². The molecule has 0 saturated carbocycles. The molecule has 1 unspecified atom stereocenters. The van der Waals surface area contributed by atoms with E-state index in [-0.39, 0.29) is 17.5 Å². The number of aromatic nitrogens is 4. The van der Waals surface area contributed by atoms with Gasteiger partial charge >= 0.3 is 0 Å². The van der Waals surface area contributed by atoms with Gasteiger partial charge in [0, 0.05) is 49.2 Å². The highest BCUT2D eigenvalue weighted by Gasteiger charge is 2.30. The summed E-state index contributed by atoms with van der Waals surface area (Å²) in [4.78, 5) is 25.9. The normalized spacial score (nSPS) is 12.0. The summed E-state index contributed by atoms with van der Waals surface area (Å²) < 4.78 is 1.73. The molecule has 0 amide bonds. The lowest BCUT2D eigenvalue weighted by molar-refractivity contribution is 0.493. The van der Waals surface area contributed by atoms with Crippen LogP contribution in [0.2, 0.25) is 0 Å². The molecular weight excluding hydrogens is 336 g/mol. The second-order valence-electron chi connectivity index (χ2n) is 6.20. The lowest BCUT2D eigenvalue weighted by Gasteiger charge is -2.29. The van der Waals surface area contributed by atoms with Gasteiger partial charge in [-0.05, 0) is 41.5 Å². The van der Waals surface area contributed by atoms with Crippen molar-refractivity contribution in [2.75, 3.05) is 0 Å². The van der Waals surface area contributed by atoms with E-state index in [1.807, 2.05) is 60.9 Å². The Morgan fingerprint density at radius 3 is 2.00 bits per heavy atom. The smallest absolute Gasteiger partial charge is 0.251 e. The number of hydrogen-bond acceptors (Lipinski definition) is 4. The average Bonchev–Trinajstić information content (AvgIpc) is 2.74. The molecule has 0 saturated heterocycles. The van der Waals surface area contributed by atoms with Crippen LogP contribution >= 0.6 is 0 Å². The molecule has 27 heavy (non-hydrogen) atoms. The molecule has 0 spiro atoms. The topological polar surface area (TPSA) is 60.7 Å². The van der Waals surface area contributed by atoms with Crippen molar-refractivity contribution in [3.05, 3.63) is 125 Å². The zero-order chi connectivity index (χ0) is 18.5. The second kappa shape index (κ2) is 7.74. The largest absolute Gasteiger partial charge is 0.305 e. The summed E-state index contributed by atoms with van der Waals surface area (Å²) in [5.74, 6) is -0.164. The fraction of sp³-hybridized carbons (Fsp3) is 0.0909. The lowest BCUT2D eigenvalue weighted by atomic mass is 9.84. The van der Waals surface area contributed by atoms with Gasteiger partial charge in [0.15, 0.2) is 0 Å². The summed E-state index contributed by atoms with van der Waals surface area (Å²) in [7, 11) is 0. The van der Waals surface area contributed by atoms with Crippen LogP contribution in [0.15, 0.2) is 103 Å². The van der Waals surface area contributed by atoms with Crippen LogP contribution in [-0.2, 0) is 0 Å². The quantitative estimate of drug-likeness (QED) is 0.551. The van der Waals surface area contributed by atoms with Gasteiger partial charge in [0.2, 0.25) is 0 Å². The number of hydrogen-bond donors (Lipinski definition) is 0. The van der Waals surface area contributed by atoms with Crippen LogP contribution < -0.4 is 5.56 Å². The number of rotatable bonds is 5. The minimum atomic E-state index is -0.326. The second-order valence-corrected chi connectivity index (χ2v) is 6.20. The highest BCUT2D eigenvalue weighted by atomic mass is 16.1. The van der Waals surface area contributed by atoms with Gasteiger partial charge in [0.1, 0.15) is 0 Å². The molecule has 4 heterocycles. The van der Waals surface area contributed by atoms with Crippen LogP contribution in [-0.4, -0.2) is 19.5 Å². The van der Waals surface area contributed by atoms with E-state index in [2.05, 4.69) is 15.0 Å². The zero-order valence-electron chi connectivity index (χ0n) is 14.6. The van der Waals surface area contributed by atoms with Gasteiger partial charge in [-0.3, -0.25) is 19.7 Å². The zero-order valence-corrected chi connectivity index (χ0v) is 14.6. The van der Waals surface area contributed by atoms with Crippen LogP contribution in [0.1, 0.15) is 28.8 Å². The van der Waals surface area contributed by atoms with Crippen LogP contribution in [0.4, 0.5) is 0 Å². The molecule has 0 aromatic carbocycles. The molecule has 4 aromatic heterocycles. The Hall–Kier alpha value is -3.60.